The van der Waals surface area contributed by atoms with E-state index in [2.05, 4.69) is 4.74 Å². The normalized spacial score (nSPS) is 10.7. The lowest BCUT2D eigenvalue weighted by Gasteiger charge is -1.99. The van der Waals surface area contributed by atoms with E-state index in [-0.39, 0.29) is 12.4 Å². The summed E-state index contributed by atoms with van der Waals surface area (Å²) in [6.07, 6.45) is 5.02. The van der Waals surface area contributed by atoms with Gasteiger partial charge in [-0.2, -0.15) is 0 Å². The summed E-state index contributed by atoms with van der Waals surface area (Å²) in [7, 11) is 1.26. The predicted molar refractivity (Wildman–Crippen MR) is 87.1 cm³/mol. The van der Waals surface area contributed by atoms with Gasteiger partial charge in [0.2, 0.25) is 5.76 Å². The van der Waals surface area contributed by atoms with Crippen LogP contribution in [0.5, 0.6) is 0 Å². The van der Waals surface area contributed by atoms with Gasteiger partial charge in [-0.1, -0.05) is 12.1 Å². The summed E-state index contributed by atoms with van der Waals surface area (Å²) < 4.78 is 14.8. The van der Waals surface area contributed by atoms with Crippen LogP contribution in [-0.2, 0) is 20.9 Å². The van der Waals surface area contributed by atoms with Crippen molar-refractivity contribution in [2.75, 3.05) is 13.4 Å². The van der Waals surface area contributed by atoms with Gasteiger partial charge >= 0.3 is 11.9 Å². The largest absolute Gasteiger partial charge is 0.463 e. The molecule has 0 bridgehead atoms. The number of hydrogen-bond acceptors (Lipinski definition) is 6. The zero-order valence-corrected chi connectivity index (χ0v) is 13.6. The van der Waals surface area contributed by atoms with Gasteiger partial charge in [0.1, 0.15) is 12.4 Å². The molecule has 6 heteroatoms. The third-order valence-electron chi connectivity index (χ3n) is 2.93. The van der Waals surface area contributed by atoms with Crippen molar-refractivity contribution in [3.8, 4) is 0 Å². The Balaban J connectivity index is 1.85. The van der Waals surface area contributed by atoms with Crippen molar-refractivity contribution in [2.45, 2.75) is 11.5 Å². The summed E-state index contributed by atoms with van der Waals surface area (Å²) in [5.74, 6) is -0.620. The smallest absolute Gasteiger partial charge is 0.373 e. The molecule has 0 unspecified atom stereocenters. The summed E-state index contributed by atoms with van der Waals surface area (Å²) in [5, 5.41) is 0. The Labute approximate surface area is 138 Å². The van der Waals surface area contributed by atoms with Gasteiger partial charge < -0.3 is 13.9 Å². The lowest BCUT2D eigenvalue weighted by Crippen LogP contribution is -2.01. The summed E-state index contributed by atoms with van der Waals surface area (Å²) >= 11 is 1.65. The average molecular weight is 332 g/mol. The Morgan fingerprint density at radius 3 is 2.57 bits per heavy atom. The van der Waals surface area contributed by atoms with Gasteiger partial charge in [0.15, 0.2) is 0 Å². The molecule has 0 saturated heterocycles. The second kappa shape index (κ2) is 8.24. The Bertz CT molecular complexity index is 700. The Hall–Kier alpha value is -2.47. The molecule has 0 atom stereocenters. The second-order valence-corrected chi connectivity index (χ2v) is 5.35. The molecule has 120 valence electrons. The fraction of sp³-hybridized carbons (Fsp3) is 0.176. The van der Waals surface area contributed by atoms with E-state index in [0.717, 1.165) is 10.5 Å². The van der Waals surface area contributed by atoms with Gasteiger partial charge in [-0.3, -0.25) is 0 Å². The topological polar surface area (TPSA) is 65.7 Å². The highest BCUT2D eigenvalue weighted by atomic mass is 32.2. The molecule has 0 saturated carbocycles. The number of methoxy groups -OCH3 is 1. The molecule has 23 heavy (non-hydrogen) atoms. The Morgan fingerprint density at radius 1 is 1.17 bits per heavy atom. The van der Waals surface area contributed by atoms with Crippen LogP contribution in [0.4, 0.5) is 0 Å². The maximum Gasteiger partial charge on any atom is 0.373 e. The molecule has 0 aliphatic rings. The van der Waals surface area contributed by atoms with Crippen LogP contribution in [0.3, 0.4) is 0 Å². The van der Waals surface area contributed by atoms with E-state index in [1.54, 1.807) is 23.9 Å². The van der Waals surface area contributed by atoms with Crippen molar-refractivity contribution < 1.29 is 23.5 Å². The summed E-state index contributed by atoms with van der Waals surface area (Å²) in [4.78, 5) is 24.1. The molecule has 0 N–H and O–H groups in total. The predicted octanol–water partition coefficient (Wildman–Crippen LogP) is 3.54. The molecule has 0 spiro atoms. The molecule has 0 fully saturated rings. The van der Waals surface area contributed by atoms with Crippen LogP contribution >= 0.6 is 11.8 Å². The van der Waals surface area contributed by atoms with E-state index in [1.807, 2.05) is 30.5 Å². The van der Waals surface area contributed by atoms with E-state index < -0.39 is 11.9 Å². The monoisotopic (exact) mass is 332 g/mol. The third-order valence-corrected chi connectivity index (χ3v) is 3.68. The molecule has 0 radical (unpaired) electrons. The number of esters is 2. The van der Waals surface area contributed by atoms with Gasteiger partial charge in [-0.05, 0) is 42.2 Å². The van der Waals surface area contributed by atoms with E-state index in [1.165, 1.54) is 19.3 Å². The first kappa shape index (κ1) is 16.9. The van der Waals surface area contributed by atoms with Crippen LogP contribution < -0.4 is 0 Å². The maximum atomic E-state index is 11.7. The SMILES string of the molecule is COC(=O)c1ccc(COC(=O)/C=C/c2ccc(SC)cc2)o1. The molecule has 1 aromatic heterocycles. The fourth-order valence-electron chi connectivity index (χ4n) is 1.74. The highest BCUT2D eigenvalue weighted by Gasteiger charge is 2.11. The minimum Gasteiger partial charge on any atom is -0.463 e. The molecule has 1 heterocycles. The Morgan fingerprint density at radius 2 is 1.91 bits per heavy atom. The standard InChI is InChI=1S/C17H16O5S/c1-20-17(19)15-9-6-13(22-15)11-21-16(18)10-5-12-3-7-14(23-2)8-4-12/h3-10H,11H2,1-2H3/b10-5+. The van der Waals surface area contributed by atoms with Crippen LogP contribution in [0.15, 0.2) is 51.8 Å². The van der Waals surface area contributed by atoms with Crippen molar-refractivity contribution in [3.63, 3.8) is 0 Å². The number of hydrogen-bond donors (Lipinski definition) is 0. The molecule has 1 aromatic carbocycles. The van der Waals surface area contributed by atoms with E-state index in [4.69, 9.17) is 9.15 Å². The van der Waals surface area contributed by atoms with Crippen molar-refractivity contribution in [3.05, 3.63) is 59.6 Å². The molecule has 0 amide bonds. The zero-order valence-electron chi connectivity index (χ0n) is 12.8. The van der Waals surface area contributed by atoms with Crippen molar-refractivity contribution in [1.82, 2.24) is 0 Å². The minimum absolute atomic E-state index is 0.0500. The number of thioether (sulfide) groups is 1. The van der Waals surface area contributed by atoms with Crippen molar-refractivity contribution in [1.29, 1.82) is 0 Å². The molecular formula is C17H16O5S. The van der Waals surface area contributed by atoms with Crippen LogP contribution in [0.25, 0.3) is 6.08 Å². The fourth-order valence-corrected chi connectivity index (χ4v) is 2.14. The van der Waals surface area contributed by atoms with Gasteiger partial charge in [0.25, 0.3) is 0 Å². The van der Waals surface area contributed by atoms with Gasteiger partial charge in [-0.25, -0.2) is 9.59 Å². The number of benzene rings is 1. The molecule has 0 aliphatic carbocycles. The average Bonchev–Trinajstić information content (AvgIpc) is 3.07. The quantitative estimate of drug-likeness (QED) is 0.458. The van der Waals surface area contributed by atoms with Gasteiger partial charge in [0, 0.05) is 11.0 Å². The van der Waals surface area contributed by atoms with Crippen LogP contribution in [0.2, 0.25) is 0 Å². The van der Waals surface area contributed by atoms with Gasteiger partial charge in [-0.15, -0.1) is 11.8 Å². The number of carbonyl (C=O) groups is 2. The number of rotatable bonds is 6. The maximum absolute atomic E-state index is 11.7. The zero-order chi connectivity index (χ0) is 16.7. The summed E-state index contributed by atoms with van der Waals surface area (Å²) in [5.41, 5.74) is 0.908. The van der Waals surface area contributed by atoms with E-state index >= 15 is 0 Å². The van der Waals surface area contributed by atoms with Crippen LogP contribution in [-0.4, -0.2) is 25.3 Å². The van der Waals surface area contributed by atoms with E-state index in [0.29, 0.717) is 5.76 Å². The van der Waals surface area contributed by atoms with Gasteiger partial charge in [0.05, 0.1) is 7.11 Å². The lowest BCUT2D eigenvalue weighted by atomic mass is 10.2. The first-order chi connectivity index (χ1) is 11.1. The lowest BCUT2D eigenvalue weighted by molar-refractivity contribution is -0.139. The molecule has 2 rings (SSSR count). The van der Waals surface area contributed by atoms with Crippen molar-refractivity contribution in [2.24, 2.45) is 0 Å². The third kappa shape index (κ3) is 5.03. The molecule has 2 aromatic rings. The molecule has 5 nitrogen and oxygen atoms in total. The van der Waals surface area contributed by atoms with Crippen LogP contribution in [0.1, 0.15) is 21.9 Å². The first-order valence-electron chi connectivity index (χ1n) is 6.78. The molecule has 0 aliphatic heterocycles. The first-order valence-corrected chi connectivity index (χ1v) is 8.01. The number of carbonyl (C=O) groups excluding carboxylic acids is 2. The highest BCUT2D eigenvalue weighted by molar-refractivity contribution is 7.98. The molecular weight excluding hydrogens is 316 g/mol. The number of furan rings is 1. The minimum atomic E-state index is -0.573. The number of ether oxygens (including phenoxy) is 2. The van der Waals surface area contributed by atoms with Crippen molar-refractivity contribution >= 4 is 29.8 Å². The summed E-state index contributed by atoms with van der Waals surface area (Å²) in [6.45, 7) is -0.0500. The highest BCUT2D eigenvalue weighted by Crippen LogP contribution is 2.15. The van der Waals surface area contributed by atoms with Crippen LogP contribution in [0, 0.1) is 0 Å². The summed E-state index contributed by atoms with van der Waals surface area (Å²) in [6, 6.07) is 10.8. The van der Waals surface area contributed by atoms with E-state index in [9.17, 15) is 9.59 Å². The Kier molecular flexibility index (Phi) is 6.05. The second-order valence-electron chi connectivity index (χ2n) is 4.47.